The molecule has 0 aromatic carbocycles. The zero-order valence-electron chi connectivity index (χ0n) is 10.3. The molecule has 0 unspecified atom stereocenters. The highest BCUT2D eigenvalue weighted by atomic mass is 35.5. The maximum atomic E-state index is 11.9. The number of rotatable bonds is 6. The number of carbonyl (C=O) groups excluding carboxylic acids is 1. The van der Waals surface area contributed by atoms with E-state index in [9.17, 15) is 4.79 Å². The van der Waals surface area contributed by atoms with E-state index >= 15 is 0 Å². The van der Waals surface area contributed by atoms with Crippen molar-refractivity contribution >= 4 is 17.5 Å². The Morgan fingerprint density at radius 2 is 2.28 bits per heavy atom. The van der Waals surface area contributed by atoms with Gasteiger partial charge in [-0.1, -0.05) is 11.6 Å². The van der Waals surface area contributed by atoms with Crippen LogP contribution in [-0.4, -0.2) is 47.6 Å². The largest absolute Gasteiger partial charge is 0.379 e. The van der Waals surface area contributed by atoms with Crippen molar-refractivity contribution in [2.24, 2.45) is 5.92 Å². The first-order chi connectivity index (χ1) is 8.66. The first-order valence-electron chi connectivity index (χ1n) is 5.97. The standard InChI is InChI=1S/C12H16ClN3O2/c1-16(4-5-18-8-9-2-3-9)12(17)10-6-15-11(13)7-14-10/h6-7,9H,2-5,8H2,1H3. The molecule has 1 aliphatic carbocycles. The minimum absolute atomic E-state index is 0.172. The lowest BCUT2D eigenvalue weighted by Crippen LogP contribution is -2.31. The molecule has 6 heteroatoms. The summed E-state index contributed by atoms with van der Waals surface area (Å²) in [6.45, 7) is 1.92. The number of ether oxygens (including phenoxy) is 1. The lowest BCUT2D eigenvalue weighted by atomic mass is 10.4. The zero-order chi connectivity index (χ0) is 13.0. The molecule has 0 bridgehead atoms. The number of nitrogens with zero attached hydrogens (tertiary/aromatic N) is 3. The van der Waals surface area contributed by atoms with Crippen molar-refractivity contribution in [3.05, 3.63) is 23.2 Å². The molecule has 1 saturated carbocycles. The fourth-order valence-corrected chi connectivity index (χ4v) is 1.55. The van der Waals surface area contributed by atoms with Gasteiger partial charge in [-0.2, -0.15) is 0 Å². The van der Waals surface area contributed by atoms with Crippen LogP contribution in [0, 0.1) is 5.92 Å². The lowest BCUT2D eigenvalue weighted by molar-refractivity contribution is 0.0675. The van der Waals surface area contributed by atoms with Gasteiger partial charge in [0.05, 0.1) is 19.0 Å². The number of hydrogen-bond acceptors (Lipinski definition) is 4. The molecule has 0 radical (unpaired) electrons. The van der Waals surface area contributed by atoms with Gasteiger partial charge in [0.1, 0.15) is 10.8 Å². The number of carbonyl (C=O) groups is 1. The van der Waals surface area contributed by atoms with Gasteiger partial charge in [-0.25, -0.2) is 9.97 Å². The first kappa shape index (κ1) is 13.2. The van der Waals surface area contributed by atoms with Crippen molar-refractivity contribution < 1.29 is 9.53 Å². The normalized spacial score (nSPS) is 14.6. The molecule has 1 aliphatic rings. The maximum absolute atomic E-state index is 11.9. The third kappa shape index (κ3) is 3.92. The highest BCUT2D eigenvalue weighted by molar-refractivity contribution is 6.29. The fourth-order valence-electron chi connectivity index (χ4n) is 1.46. The number of amides is 1. The number of hydrogen-bond donors (Lipinski definition) is 0. The minimum Gasteiger partial charge on any atom is -0.379 e. The van der Waals surface area contributed by atoms with Crippen LogP contribution in [0.4, 0.5) is 0 Å². The molecule has 0 atom stereocenters. The van der Waals surface area contributed by atoms with E-state index in [1.165, 1.54) is 25.2 Å². The molecule has 0 N–H and O–H groups in total. The molecule has 0 aliphatic heterocycles. The zero-order valence-corrected chi connectivity index (χ0v) is 11.1. The van der Waals surface area contributed by atoms with Crippen LogP contribution < -0.4 is 0 Å². The SMILES string of the molecule is CN(CCOCC1CC1)C(=O)c1cnc(Cl)cn1. The third-order valence-corrected chi connectivity index (χ3v) is 3.00. The summed E-state index contributed by atoms with van der Waals surface area (Å²) < 4.78 is 5.48. The summed E-state index contributed by atoms with van der Waals surface area (Å²) in [7, 11) is 1.72. The Morgan fingerprint density at radius 3 is 2.89 bits per heavy atom. The summed E-state index contributed by atoms with van der Waals surface area (Å²) in [6, 6.07) is 0. The molecular weight excluding hydrogens is 254 g/mol. The second-order valence-corrected chi connectivity index (χ2v) is 4.86. The molecule has 1 aromatic heterocycles. The quantitative estimate of drug-likeness (QED) is 0.737. The van der Waals surface area contributed by atoms with E-state index < -0.39 is 0 Å². The average Bonchev–Trinajstić information content (AvgIpc) is 3.18. The van der Waals surface area contributed by atoms with E-state index in [2.05, 4.69) is 9.97 Å². The van der Waals surface area contributed by atoms with E-state index in [4.69, 9.17) is 16.3 Å². The summed E-state index contributed by atoms with van der Waals surface area (Å²) in [5.74, 6) is 0.572. The van der Waals surface area contributed by atoms with E-state index in [1.54, 1.807) is 11.9 Å². The molecule has 1 fully saturated rings. The van der Waals surface area contributed by atoms with Crippen molar-refractivity contribution in [3.63, 3.8) is 0 Å². The van der Waals surface area contributed by atoms with Gasteiger partial charge in [0, 0.05) is 20.2 Å². The van der Waals surface area contributed by atoms with Gasteiger partial charge in [0.25, 0.3) is 5.91 Å². The summed E-state index contributed by atoms with van der Waals surface area (Å²) in [6.07, 6.45) is 5.29. The van der Waals surface area contributed by atoms with Crippen LogP contribution in [0.5, 0.6) is 0 Å². The van der Waals surface area contributed by atoms with Crippen molar-refractivity contribution in [1.29, 1.82) is 0 Å². The molecule has 1 aromatic rings. The van der Waals surface area contributed by atoms with Gasteiger partial charge < -0.3 is 9.64 Å². The van der Waals surface area contributed by atoms with Gasteiger partial charge in [-0.3, -0.25) is 4.79 Å². The highest BCUT2D eigenvalue weighted by Crippen LogP contribution is 2.28. The Bertz CT molecular complexity index is 406. The van der Waals surface area contributed by atoms with Gasteiger partial charge in [-0.15, -0.1) is 0 Å². The summed E-state index contributed by atoms with van der Waals surface area (Å²) in [4.78, 5) is 21.3. The van der Waals surface area contributed by atoms with E-state index in [0.29, 0.717) is 18.8 Å². The molecule has 2 rings (SSSR count). The van der Waals surface area contributed by atoms with Gasteiger partial charge >= 0.3 is 0 Å². The molecule has 5 nitrogen and oxygen atoms in total. The number of aromatic nitrogens is 2. The van der Waals surface area contributed by atoms with Crippen LogP contribution in [0.3, 0.4) is 0 Å². The topological polar surface area (TPSA) is 55.3 Å². The smallest absolute Gasteiger partial charge is 0.273 e. The Balaban J connectivity index is 1.74. The van der Waals surface area contributed by atoms with Gasteiger partial charge in [-0.05, 0) is 18.8 Å². The van der Waals surface area contributed by atoms with Crippen LogP contribution in [0.25, 0.3) is 0 Å². The minimum atomic E-state index is -0.172. The van der Waals surface area contributed by atoms with Crippen molar-refractivity contribution in [2.75, 3.05) is 26.8 Å². The molecule has 18 heavy (non-hydrogen) atoms. The molecule has 0 saturated heterocycles. The Labute approximate surface area is 111 Å². The van der Waals surface area contributed by atoms with Crippen LogP contribution >= 0.6 is 11.6 Å². The number of halogens is 1. The molecule has 1 amide bonds. The predicted molar refractivity (Wildman–Crippen MR) is 67.5 cm³/mol. The Hall–Kier alpha value is -1.20. The Morgan fingerprint density at radius 1 is 1.50 bits per heavy atom. The first-order valence-corrected chi connectivity index (χ1v) is 6.35. The third-order valence-electron chi connectivity index (χ3n) is 2.81. The summed E-state index contributed by atoms with van der Waals surface area (Å²) >= 11 is 5.62. The van der Waals surface area contributed by atoms with E-state index in [1.807, 2.05) is 0 Å². The fraction of sp³-hybridized carbons (Fsp3) is 0.583. The highest BCUT2D eigenvalue weighted by Gasteiger charge is 2.21. The van der Waals surface area contributed by atoms with Crippen LogP contribution in [0.2, 0.25) is 5.15 Å². The lowest BCUT2D eigenvalue weighted by Gasteiger charge is -2.16. The average molecular weight is 270 g/mol. The van der Waals surface area contributed by atoms with Gasteiger partial charge in [0.15, 0.2) is 0 Å². The molecule has 1 heterocycles. The van der Waals surface area contributed by atoms with Crippen LogP contribution in [-0.2, 0) is 4.74 Å². The summed E-state index contributed by atoms with van der Waals surface area (Å²) in [5.41, 5.74) is 0.295. The molecule has 0 spiro atoms. The monoisotopic (exact) mass is 269 g/mol. The Kier molecular flexibility index (Phi) is 4.49. The number of likely N-dealkylation sites (N-methyl/N-ethyl adjacent to an activating group) is 1. The molecular formula is C12H16ClN3O2. The maximum Gasteiger partial charge on any atom is 0.273 e. The predicted octanol–water partition coefficient (Wildman–Crippen LogP) is 1.63. The van der Waals surface area contributed by atoms with Crippen molar-refractivity contribution in [3.8, 4) is 0 Å². The van der Waals surface area contributed by atoms with Gasteiger partial charge in [0.2, 0.25) is 0 Å². The second kappa shape index (κ2) is 6.11. The van der Waals surface area contributed by atoms with Crippen molar-refractivity contribution in [1.82, 2.24) is 14.9 Å². The van der Waals surface area contributed by atoms with Crippen LogP contribution in [0.15, 0.2) is 12.4 Å². The van der Waals surface area contributed by atoms with E-state index in [0.717, 1.165) is 12.5 Å². The van der Waals surface area contributed by atoms with E-state index in [-0.39, 0.29) is 11.1 Å². The van der Waals surface area contributed by atoms with Crippen molar-refractivity contribution in [2.45, 2.75) is 12.8 Å². The second-order valence-electron chi connectivity index (χ2n) is 4.47. The molecule has 98 valence electrons. The van der Waals surface area contributed by atoms with Crippen LogP contribution in [0.1, 0.15) is 23.3 Å². The summed E-state index contributed by atoms with van der Waals surface area (Å²) in [5, 5.41) is 0.280.